The number of benzene rings is 2. The molecule has 3 heteroatoms. The van der Waals surface area contributed by atoms with Gasteiger partial charge in [-0.3, -0.25) is 0 Å². The lowest BCUT2D eigenvalue weighted by Gasteiger charge is -2.23. The lowest BCUT2D eigenvalue weighted by molar-refractivity contribution is -0.138. The standard InChI is InChI=1S/C17H19NO2/c1-12-8-6-7-11-15(12)18-16(17(19)20)13(2)14-9-4-3-5-10-14/h3-11,13,16,18H,1-2H3,(H,19,20). The van der Waals surface area contributed by atoms with Gasteiger partial charge in [0.05, 0.1) is 0 Å². The van der Waals surface area contributed by atoms with E-state index in [0.29, 0.717) is 0 Å². The van der Waals surface area contributed by atoms with Gasteiger partial charge >= 0.3 is 5.97 Å². The van der Waals surface area contributed by atoms with E-state index >= 15 is 0 Å². The van der Waals surface area contributed by atoms with Crippen LogP contribution in [0.15, 0.2) is 54.6 Å². The molecule has 0 fully saturated rings. The average Bonchev–Trinajstić information content (AvgIpc) is 2.46. The van der Waals surface area contributed by atoms with Crippen molar-refractivity contribution >= 4 is 11.7 Å². The van der Waals surface area contributed by atoms with Crippen LogP contribution in [0.3, 0.4) is 0 Å². The Morgan fingerprint density at radius 2 is 1.65 bits per heavy atom. The molecule has 0 heterocycles. The zero-order valence-electron chi connectivity index (χ0n) is 11.7. The van der Waals surface area contributed by atoms with Gasteiger partial charge in [0.15, 0.2) is 0 Å². The maximum atomic E-state index is 11.6. The molecular weight excluding hydrogens is 250 g/mol. The summed E-state index contributed by atoms with van der Waals surface area (Å²) in [5.41, 5.74) is 2.92. The summed E-state index contributed by atoms with van der Waals surface area (Å²) in [6, 6.07) is 16.8. The zero-order valence-corrected chi connectivity index (χ0v) is 11.7. The number of carbonyl (C=O) groups is 1. The fraction of sp³-hybridized carbons (Fsp3) is 0.235. The van der Waals surface area contributed by atoms with Crippen molar-refractivity contribution in [2.45, 2.75) is 25.8 Å². The predicted molar refractivity (Wildman–Crippen MR) is 81.1 cm³/mol. The van der Waals surface area contributed by atoms with Gasteiger partial charge in [0.1, 0.15) is 6.04 Å². The Morgan fingerprint density at radius 1 is 1.05 bits per heavy atom. The summed E-state index contributed by atoms with van der Waals surface area (Å²) in [5, 5.41) is 12.6. The molecule has 0 aliphatic carbocycles. The van der Waals surface area contributed by atoms with Gasteiger partial charge in [0, 0.05) is 11.6 Å². The summed E-state index contributed by atoms with van der Waals surface area (Å²) in [6.45, 7) is 3.90. The van der Waals surface area contributed by atoms with E-state index in [-0.39, 0.29) is 5.92 Å². The molecule has 0 aliphatic heterocycles. The first-order chi connectivity index (χ1) is 9.59. The maximum Gasteiger partial charge on any atom is 0.326 e. The highest BCUT2D eigenvalue weighted by atomic mass is 16.4. The van der Waals surface area contributed by atoms with E-state index in [0.717, 1.165) is 16.8 Å². The van der Waals surface area contributed by atoms with Crippen LogP contribution in [-0.2, 0) is 4.79 Å². The third-order valence-corrected chi connectivity index (χ3v) is 3.55. The van der Waals surface area contributed by atoms with Gasteiger partial charge in [-0.15, -0.1) is 0 Å². The first kappa shape index (κ1) is 14.1. The third-order valence-electron chi connectivity index (χ3n) is 3.55. The number of para-hydroxylation sites is 1. The summed E-state index contributed by atoms with van der Waals surface area (Å²) in [5.74, 6) is -0.960. The van der Waals surface area contributed by atoms with Crippen molar-refractivity contribution in [3.63, 3.8) is 0 Å². The second-order valence-electron chi connectivity index (χ2n) is 4.97. The lowest BCUT2D eigenvalue weighted by atomic mass is 9.93. The molecule has 2 rings (SSSR count). The Balaban J connectivity index is 2.24. The maximum absolute atomic E-state index is 11.6. The average molecular weight is 269 g/mol. The normalized spacial score (nSPS) is 13.5. The summed E-state index contributed by atoms with van der Waals surface area (Å²) in [4.78, 5) is 11.6. The highest BCUT2D eigenvalue weighted by molar-refractivity contribution is 5.79. The smallest absolute Gasteiger partial charge is 0.326 e. The SMILES string of the molecule is Cc1ccccc1NC(C(=O)O)C(C)c1ccccc1. The van der Waals surface area contributed by atoms with Gasteiger partial charge in [0.2, 0.25) is 0 Å². The van der Waals surface area contributed by atoms with Crippen molar-refractivity contribution in [1.29, 1.82) is 0 Å². The molecule has 0 radical (unpaired) electrons. The van der Waals surface area contributed by atoms with Crippen LogP contribution < -0.4 is 5.32 Å². The van der Waals surface area contributed by atoms with Crippen LogP contribution in [0, 0.1) is 6.92 Å². The molecule has 104 valence electrons. The Labute approximate surface area is 119 Å². The fourth-order valence-corrected chi connectivity index (χ4v) is 2.25. The highest BCUT2D eigenvalue weighted by Crippen LogP contribution is 2.24. The highest BCUT2D eigenvalue weighted by Gasteiger charge is 2.26. The van der Waals surface area contributed by atoms with E-state index < -0.39 is 12.0 Å². The number of rotatable bonds is 5. The molecule has 2 unspecified atom stereocenters. The number of hydrogen-bond acceptors (Lipinski definition) is 2. The molecule has 2 aromatic rings. The van der Waals surface area contributed by atoms with Crippen LogP contribution in [0.5, 0.6) is 0 Å². The number of anilines is 1. The van der Waals surface area contributed by atoms with Crippen LogP contribution >= 0.6 is 0 Å². The van der Waals surface area contributed by atoms with Crippen molar-refractivity contribution in [2.75, 3.05) is 5.32 Å². The number of hydrogen-bond donors (Lipinski definition) is 2. The number of carboxylic acid groups (broad SMARTS) is 1. The lowest BCUT2D eigenvalue weighted by Crippen LogP contribution is -2.34. The largest absolute Gasteiger partial charge is 0.480 e. The summed E-state index contributed by atoms with van der Waals surface area (Å²) in [6.07, 6.45) is 0. The molecule has 20 heavy (non-hydrogen) atoms. The summed E-state index contributed by atoms with van der Waals surface area (Å²) >= 11 is 0. The zero-order chi connectivity index (χ0) is 14.5. The van der Waals surface area contributed by atoms with Crippen molar-refractivity contribution in [2.24, 2.45) is 0 Å². The Bertz CT molecular complexity index is 581. The van der Waals surface area contributed by atoms with Gasteiger partial charge in [-0.2, -0.15) is 0 Å². The summed E-state index contributed by atoms with van der Waals surface area (Å²) in [7, 11) is 0. The molecular formula is C17H19NO2. The Morgan fingerprint density at radius 3 is 2.25 bits per heavy atom. The van der Waals surface area contributed by atoms with Crippen LogP contribution in [0.4, 0.5) is 5.69 Å². The monoisotopic (exact) mass is 269 g/mol. The van der Waals surface area contributed by atoms with E-state index in [1.807, 2.05) is 68.4 Å². The van der Waals surface area contributed by atoms with Gasteiger partial charge < -0.3 is 10.4 Å². The molecule has 2 N–H and O–H groups in total. The fourth-order valence-electron chi connectivity index (χ4n) is 2.25. The van der Waals surface area contributed by atoms with Crippen molar-refractivity contribution in [3.8, 4) is 0 Å². The molecule has 0 amide bonds. The second kappa shape index (κ2) is 6.24. The topological polar surface area (TPSA) is 49.3 Å². The second-order valence-corrected chi connectivity index (χ2v) is 4.97. The molecule has 0 saturated heterocycles. The van der Waals surface area contributed by atoms with Crippen LogP contribution in [-0.4, -0.2) is 17.1 Å². The molecule has 0 aromatic heterocycles. The van der Waals surface area contributed by atoms with Crippen LogP contribution in [0.25, 0.3) is 0 Å². The van der Waals surface area contributed by atoms with Crippen molar-refractivity contribution in [1.82, 2.24) is 0 Å². The van der Waals surface area contributed by atoms with E-state index in [4.69, 9.17) is 0 Å². The Hall–Kier alpha value is -2.29. The molecule has 0 spiro atoms. The molecule has 0 saturated carbocycles. The number of nitrogens with one attached hydrogen (secondary N) is 1. The molecule has 2 aromatic carbocycles. The molecule has 2 atom stereocenters. The van der Waals surface area contributed by atoms with Gasteiger partial charge in [0.25, 0.3) is 0 Å². The third kappa shape index (κ3) is 3.18. The number of aryl methyl sites for hydroxylation is 1. The van der Waals surface area contributed by atoms with E-state index in [1.54, 1.807) is 0 Å². The van der Waals surface area contributed by atoms with Crippen molar-refractivity contribution < 1.29 is 9.90 Å². The predicted octanol–water partition coefficient (Wildman–Crippen LogP) is 3.66. The minimum absolute atomic E-state index is 0.117. The quantitative estimate of drug-likeness (QED) is 0.870. The van der Waals surface area contributed by atoms with Gasteiger partial charge in [-0.1, -0.05) is 55.5 Å². The van der Waals surface area contributed by atoms with Gasteiger partial charge in [-0.25, -0.2) is 4.79 Å². The number of carboxylic acids is 1. The number of aliphatic carboxylic acids is 1. The van der Waals surface area contributed by atoms with E-state index in [9.17, 15) is 9.90 Å². The minimum atomic E-state index is -0.843. The Kier molecular flexibility index (Phi) is 4.41. The molecule has 0 bridgehead atoms. The van der Waals surface area contributed by atoms with E-state index in [2.05, 4.69) is 5.32 Å². The van der Waals surface area contributed by atoms with Crippen LogP contribution in [0.1, 0.15) is 24.0 Å². The minimum Gasteiger partial charge on any atom is -0.480 e. The molecule has 3 nitrogen and oxygen atoms in total. The van der Waals surface area contributed by atoms with Gasteiger partial charge in [-0.05, 0) is 24.1 Å². The first-order valence-electron chi connectivity index (χ1n) is 6.69. The van der Waals surface area contributed by atoms with Crippen LogP contribution in [0.2, 0.25) is 0 Å². The first-order valence-corrected chi connectivity index (χ1v) is 6.69. The van der Waals surface area contributed by atoms with Crippen molar-refractivity contribution in [3.05, 3.63) is 65.7 Å². The van der Waals surface area contributed by atoms with E-state index in [1.165, 1.54) is 0 Å². The molecule has 0 aliphatic rings. The summed E-state index contributed by atoms with van der Waals surface area (Å²) < 4.78 is 0.